The van der Waals surface area contributed by atoms with Gasteiger partial charge >= 0.3 is 0 Å². The molecule has 1 aliphatic heterocycles. The van der Waals surface area contributed by atoms with Crippen molar-refractivity contribution in [1.29, 1.82) is 0 Å². The summed E-state index contributed by atoms with van der Waals surface area (Å²) < 4.78 is 0. The highest BCUT2D eigenvalue weighted by atomic mass is 16.2. The summed E-state index contributed by atoms with van der Waals surface area (Å²) >= 11 is 0. The number of hydrogen-bond acceptors (Lipinski definition) is 2. The topological polar surface area (TPSA) is 49.4 Å². The van der Waals surface area contributed by atoms with Crippen LogP contribution >= 0.6 is 0 Å². The molecule has 1 aromatic carbocycles. The second kappa shape index (κ2) is 7.08. The van der Waals surface area contributed by atoms with E-state index in [0.29, 0.717) is 12.8 Å². The molecule has 0 spiro atoms. The van der Waals surface area contributed by atoms with Gasteiger partial charge in [0, 0.05) is 25.2 Å². The van der Waals surface area contributed by atoms with Crippen LogP contribution in [-0.4, -0.2) is 29.8 Å². The Morgan fingerprint density at radius 1 is 1.10 bits per heavy atom. The Balaban J connectivity index is 1.89. The molecule has 0 saturated carbocycles. The number of anilines is 1. The molecule has 1 N–H and O–H groups in total. The van der Waals surface area contributed by atoms with Crippen LogP contribution in [-0.2, 0) is 16.0 Å². The zero-order chi connectivity index (χ0) is 14.4. The van der Waals surface area contributed by atoms with Crippen molar-refractivity contribution in [2.24, 2.45) is 0 Å². The van der Waals surface area contributed by atoms with Crippen LogP contribution in [0.2, 0.25) is 0 Å². The molecule has 0 aliphatic carbocycles. The van der Waals surface area contributed by atoms with E-state index >= 15 is 0 Å². The largest absolute Gasteiger partial charge is 0.342 e. The number of carbonyl (C=O) groups is 2. The van der Waals surface area contributed by atoms with E-state index in [9.17, 15) is 9.59 Å². The Hall–Kier alpha value is -1.84. The Labute approximate surface area is 120 Å². The van der Waals surface area contributed by atoms with Gasteiger partial charge in [-0.15, -0.1) is 0 Å². The molecule has 1 saturated heterocycles. The number of nitrogens with one attached hydrogen (secondary N) is 1. The van der Waals surface area contributed by atoms with Gasteiger partial charge in [-0.05, 0) is 37.0 Å². The van der Waals surface area contributed by atoms with Crippen molar-refractivity contribution in [3.8, 4) is 0 Å². The van der Waals surface area contributed by atoms with E-state index in [2.05, 4.69) is 5.32 Å². The predicted octanol–water partition coefficient (Wildman–Crippen LogP) is 2.59. The lowest BCUT2D eigenvalue weighted by Crippen LogP contribution is -2.36. The number of amides is 2. The summed E-state index contributed by atoms with van der Waals surface area (Å²) in [4.78, 5) is 25.4. The van der Waals surface area contributed by atoms with E-state index in [1.54, 1.807) is 0 Å². The van der Waals surface area contributed by atoms with Crippen LogP contribution in [0.3, 0.4) is 0 Å². The fourth-order valence-electron chi connectivity index (χ4n) is 2.39. The van der Waals surface area contributed by atoms with E-state index in [4.69, 9.17) is 0 Å². The number of carbonyl (C=O) groups excluding carboxylic acids is 2. The molecule has 0 atom stereocenters. The number of rotatable bonds is 4. The SMILES string of the molecule is CCC(=O)Nc1ccc(CC(=O)N2CCCCC2)cc1. The monoisotopic (exact) mass is 274 g/mol. The highest BCUT2D eigenvalue weighted by Gasteiger charge is 2.16. The van der Waals surface area contributed by atoms with Crippen LogP contribution in [0.15, 0.2) is 24.3 Å². The van der Waals surface area contributed by atoms with E-state index in [1.165, 1.54) is 6.42 Å². The van der Waals surface area contributed by atoms with E-state index in [-0.39, 0.29) is 11.8 Å². The Morgan fingerprint density at radius 2 is 1.75 bits per heavy atom. The number of likely N-dealkylation sites (tertiary alicyclic amines) is 1. The van der Waals surface area contributed by atoms with Gasteiger partial charge in [-0.2, -0.15) is 0 Å². The minimum atomic E-state index is 0.00198. The maximum Gasteiger partial charge on any atom is 0.226 e. The molecule has 0 radical (unpaired) electrons. The highest BCUT2D eigenvalue weighted by Crippen LogP contribution is 2.14. The van der Waals surface area contributed by atoms with E-state index in [0.717, 1.165) is 37.2 Å². The third-order valence-corrected chi connectivity index (χ3v) is 3.62. The number of hydrogen-bond donors (Lipinski definition) is 1. The molecule has 0 unspecified atom stereocenters. The molecular weight excluding hydrogens is 252 g/mol. The average Bonchev–Trinajstić information content (AvgIpc) is 2.50. The lowest BCUT2D eigenvalue weighted by molar-refractivity contribution is -0.131. The summed E-state index contributed by atoms with van der Waals surface area (Å²) in [5.41, 5.74) is 1.78. The van der Waals surface area contributed by atoms with Crippen molar-refractivity contribution in [3.63, 3.8) is 0 Å². The van der Waals surface area contributed by atoms with Crippen molar-refractivity contribution < 1.29 is 9.59 Å². The zero-order valence-corrected chi connectivity index (χ0v) is 12.0. The lowest BCUT2D eigenvalue weighted by Gasteiger charge is -2.26. The smallest absolute Gasteiger partial charge is 0.226 e. The van der Waals surface area contributed by atoms with Crippen molar-refractivity contribution >= 4 is 17.5 Å². The molecule has 1 heterocycles. The highest BCUT2D eigenvalue weighted by molar-refractivity contribution is 5.90. The molecule has 1 aromatic rings. The van der Waals surface area contributed by atoms with Crippen LogP contribution in [0, 0.1) is 0 Å². The Bertz CT molecular complexity index is 462. The van der Waals surface area contributed by atoms with Gasteiger partial charge in [0.05, 0.1) is 6.42 Å². The lowest BCUT2D eigenvalue weighted by atomic mass is 10.1. The summed E-state index contributed by atoms with van der Waals surface area (Å²) in [5, 5.41) is 2.80. The molecule has 1 aliphatic rings. The summed E-state index contributed by atoms with van der Waals surface area (Å²) in [6.45, 7) is 3.61. The first-order valence-electron chi connectivity index (χ1n) is 7.35. The van der Waals surface area contributed by atoms with Crippen LogP contribution in [0.1, 0.15) is 38.2 Å². The molecular formula is C16H22N2O2. The van der Waals surface area contributed by atoms with Crippen molar-refractivity contribution in [2.45, 2.75) is 39.0 Å². The maximum absolute atomic E-state index is 12.1. The molecule has 4 nitrogen and oxygen atoms in total. The first kappa shape index (κ1) is 14.6. The first-order valence-corrected chi connectivity index (χ1v) is 7.35. The molecule has 108 valence electrons. The molecule has 0 bridgehead atoms. The second-order valence-electron chi connectivity index (χ2n) is 5.22. The van der Waals surface area contributed by atoms with Crippen molar-refractivity contribution in [3.05, 3.63) is 29.8 Å². The number of piperidine rings is 1. The van der Waals surface area contributed by atoms with Crippen LogP contribution < -0.4 is 5.32 Å². The molecule has 1 fully saturated rings. The Kier molecular flexibility index (Phi) is 5.16. The van der Waals surface area contributed by atoms with Gasteiger partial charge in [0.25, 0.3) is 0 Å². The maximum atomic E-state index is 12.1. The number of nitrogens with zero attached hydrogens (tertiary/aromatic N) is 1. The summed E-state index contributed by atoms with van der Waals surface area (Å²) in [7, 11) is 0. The molecule has 2 rings (SSSR count). The van der Waals surface area contributed by atoms with Gasteiger partial charge in [-0.3, -0.25) is 9.59 Å². The predicted molar refractivity (Wildman–Crippen MR) is 79.5 cm³/mol. The van der Waals surface area contributed by atoms with Gasteiger partial charge in [0.1, 0.15) is 0 Å². The minimum Gasteiger partial charge on any atom is -0.342 e. The molecule has 4 heteroatoms. The van der Waals surface area contributed by atoms with E-state index in [1.807, 2.05) is 36.1 Å². The van der Waals surface area contributed by atoms with Gasteiger partial charge < -0.3 is 10.2 Å². The Morgan fingerprint density at radius 3 is 2.35 bits per heavy atom. The number of benzene rings is 1. The third-order valence-electron chi connectivity index (χ3n) is 3.62. The minimum absolute atomic E-state index is 0.00198. The van der Waals surface area contributed by atoms with Crippen LogP contribution in [0.4, 0.5) is 5.69 Å². The fraction of sp³-hybridized carbons (Fsp3) is 0.500. The van der Waals surface area contributed by atoms with Crippen LogP contribution in [0.25, 0.3) is 0 Å². The quantitative estimate of drug-likeness (QED) is 0.917. The third kappa shape index (κ3) is 4.08. The zero-order valence-electron chi connectivity index (χ0n) is 12.0. The average molecular weight is 274 g/mol. The van der Waals surface area contributed by atoms with Gasteiger partial charge in [-0.25, -0.2) is 0 Å². The summed E-state index contributed by atoms with van der Waals surface area (Å²) in [5.74, 6) is 0.206. The summed E-state index contributed by atoms with van der Waals surface area (Å²) in [6, 6.07) is 7.53. The normalized spacial score (nSPS) is 14.9. The molecule has 2 amide bonds. The van der Waals surface area contributed by atoms with Gasteiger partial charge in [-0.1, -0.05) is 19.1 Å². The van der Waals surface area contributed by atoms with Crippen LogP contribution in [0.5, 0.6) is 0 Å². The van der Waals surface area contributed by atoms with Crippen molar-refractivity contribution in [1.82, 2.24) is 4.90 Å². The fourth-order valence-corrected chi connectivity index (χ4v) is 2.39. The van der Waals surface area contributed by atoms with Crippen molar-refractivity contribution in [2.75, 3.05) is 18.4 Å². The first-order chi connectivity index (χ1) is 9.69. The van der Waals surface area contributed by atoms with Gasteiger partial charge in [0.2, 0.25) is 11.8 Å². The standard InChI is InChI=1S/C16H22N2O2/c1-2-15(19)17-14-8-6-13(7-9-14)12-16(20)18-10-4-3-5-11-18/h6-9H,2-5,10-12H2,1H3,(H,17,19). The molecule has 20 heavy (non-hydrogen) atoms. The second-order valence-corrected chi connectivity index (χ2v) is 5.22. The van der Waals surface area contributed by atoms with E-state index < -0.39 is 0 Å². The van der Waals surface area contributed by atoms with Gasteiger partial charge in [0.15, 0.2) is 0 Å². The summed E-state index contributed by atoms with van der Waals surface area (Å²) in [6.07, 6.45) is 4.38. The molecule has 0 aromatic heterocycles.